The zero-order valence-electron chi connectivity index (χ0n) is 10.6. The van der Waals surface area contributed by atoms with Gasteiger partial charge in [-0.15, -0.1) is 0 Å². The van der Waals surface area contributed by atoms with Crippen molar-refractivity contribution in [3.05, 3.63) is 57.1 Å². The van der Waals surface area contributed by atoms with Gasteiger partial charge in [0.05, 0.1) is 10.7 Å². The molecule has 1 N–H and O–H groups in total. The van der Waals surface area contributed by atoms with Crippen molar-refractivity contribution in [2.75, 3.05) is 0 Å². The molecule has 2 aromatic rings. The Bertz CT molecular complexity index is 631. The minimum absolute atomic E-state index is 0.0129. The van der Waals surface area contributed by atoms with E-state index in [0.717, 1.165) is 16.8 Å². The maximum Gasteiger partial charge on any atom is 0.143 e. The van der Waals surface area contributed by atoms with Gasteiger partial charge in [-0.3, -0.25) is 4.99 Å². The van der Waals surface area contributed by atoms with Crippen LogP contribution in [-0.2, 0) is 0 Å². The van der Waals surface area contributed by atoms with E-state index in [-0.39, 0.29) is 10.8 Å². The Morgan fingerprint density at radius 2 is 1.74 bits per heavy atom. The number of phenols is 1. The highest BCUT2D eigenvalue weighted by molar-refractivity contribution is 6.36. The lowest BCUT2D eigenvalue weighted by atomic mass is 10.1. The summed E-state index contributed by atoms with van der Waals surface area (Å²) in [5.74, 6) is -0.0129. The van der Waals surface area contributed by atoms with E-state index < -0.39 is 0 Å². The van der Waals surface area contributed by atoms with Crippen LogP contribution in [0.5, 0.6) is 5.75 Å². The second-order valence-electron chi connectivity index (χ2n) is 4.32. The summed E-state index contributed by atoms with van der Waals surface area (Å²) < 4.78 is 0. The van der Waals surface area contributed by atoms with Crippen LogP contribution in [0.4, 0.5) is 5.69 Å². The number of benzene rings is 2. The molecule has 0 amide bonds. The van der Waals surface area contributed by atoms with Crippen molar-refractivity contribution in [2.24, 2.45) is 4.99 Å². The van der Waals surface area contributed by atoms with E-state index in [1.807, 2.05) is 32.0 Å². The summed E-state index contributed by atoms with van der Waals surface area (Å²) >= 11 is 11.8. The lowest BCUT2D eigenvalue weighted by Gasteiger charge is -2.05. The lowest BCUT2D eigenvalue weighted by Crippen LogP contribution is -1.86. The maximum absolute atomic E-state index is 9.86. The highest BCUT2D eigenvalue weighted by Crippen LogP contribution is 2.31. The molecule has 2 nitrogen and oxygen atoms in total. The Labute approximate surface area is 122 Å². The number of nitrogens with zero attached hydrogens (tertiary/aromatic N) is 1. The first-order valence-electron chi connectivity index (χ1n) is 5.77. The van der Waals surface area contributed by atoms with Crippen molar-refractivity contribution in [3.8, 4) is 5.75 Å². The van der Waals surface area contributed by atoms with Gasteiger partial charge >= 0.3 is 0 Å². The average molecular weight is 294 g/mol. The summed E-state index contributed by atoms with van der Waals surface area (Å²) in [5.41, 5.74) is 3.53. The largest absolute Gasteiger partial charge is 0.506 e. The van der Waals surface area contributed by atoms with Gasteiger partial charge in [0.25, 0.3) is 0 Å². The fourth-order valence-electron chi connectivity index (χ4n) is 1.83. The van der Waals surface area contributed by atoms with Crippen LogP contribution in [0.15, 0.2) is 35.3 Å². The van der Waals surface area contributed by atoms with Gasteiger partial charge in [0.2, 0.25) is 0 Å². The van der Waals surface area contributed by atoms with Crippen LogP contribution >= 0.6 is 23.2 Å². The molecule has 2 aromatic carbocycles. The summed E-state index contributed by atoms with van der Waals surface area (Å²) in [7, 11) is 0. The highest BCUT2D eigenvalue weighted by atomic mass is 35.5. The third kappa shape index (κ3) is 3.09. The quantitative estimate of drug-likeness (QED) is 0.771. The molecular formula is C15H13Cl2NO. The number of para-hydroxylation sites is 1. The van der Waals surface area contributed by atoms with Crippen LogP contribution in [0.2, 0.25) is 10.0 Å². The molecule has 0 spiro atoms. The highest BCUT2D eigenvalue weighted by Gasteiger charge is 2.06. The van der Waals surface area contributed by atoms with Crippen molar-refractivity contribution >= 4 is 35.1 Å². The zero-order valence-corrected chi connectivity index (χ0v) is 12.1. The van der Waals surface area contributed by atoms with E-state index in [1.54, 1.807) is 12.3 Å². The van der Waals surface area contributed by atoms with Gasteiger partial charge in [0.15, 0.2) is 0 Å². The second-order valence-corrected chi connectivity index (χ2v) is 5.17. The van der Waals surface area contributed by atoms with Crippen molar-refractivity contribution < 1.29 is 5.11 Å². The first-order valence-corrected chi connectivity index (χ1v) is 6.53. The molecule has 0 saturated heterocycles. The number of hydrogen-bond acceptors (Lipinski definition) is 2. The molecule has 0 unspecified atom stereocenters. The second kappa shape index (κ2) is 5.64. The fourth-order valence-corrected chi connectivity index (χ4v) is 2.34. The van der Waals surface area contributed by atoms with Crippen LogP contribution in [0.25, 0.3) is 0 Å². The number of hydrogen-bond donors (Lipinski definition) is 1. The first-order chi connectivity index (χ1) is 8.99. The minimum Gasteiger partial charge on any atom is -0.506 e. The van der Waals surface area contributed by atoms with Crippen LogP contribution in [0, 0.1) is 13.8 Å². The molecular weight excluding hydrogens is 281 g/mol. The summed E-state index contributed by atoms with van der Waals surface area (Å²) in [6, 6.07) is 9.08. The summed E-state index contributed by atoms with van der Waals surface area (Å²) in [5, 5.41) is 10.5. The number of aromatic hydroxyl groups is 1. The number of aliphatic imine (C=N–C) groups is 1. The molecule has 0 aliphatic heterocycles. The van der Waals surface area contributed by atoms with Crippen molar-refractivity contribution in [1.82, 2.24) is 0 Å². The van der Waals surface area contributed by atoms with Crippen molar-refractivity contribution in [3.63, 3.8) is 0 Å². The molecule has 19 heavy (non-hydrogen) atoms. The number of rotatable bonds is 2. The molecule has 0 saturated carbocycles. The van der Waals surface area contributed by atoms with Gasteiger partial charge in [-0.1, -0.05) is 41.4 Å². The summed E-state index contributed by atoms with van der Waals surface area (Å²) in [4.78, 5) is 4.42. The van der Waals surface area contributed by atoms with Crippen molar-refractivity contribution in [1.29, 1.82) is 0 Å². The molecule has 4 heteroatoms. The van der Waals surface area contributed by atoms with Crippen LogP contribution < -0.4 is 0 Å². The van der Waals surface area contributed by atoms with E-state index >= 15 is 0 Å². The van der Waals surface area contributed by atoms with Gasteiger partial charge in [0, 0.05) is 16.8 Å². The molecule has 2 rings (SSSR count). The lowest BCUT2D eigenvalue weighted by molar-refractivity contribution is 0.475. The number of halogens is 2. The van der Waals surface area contributed by atoms with Gasteiger partial charge in [0.1, 0.15) is 5.75 Å². The van der Waals surface area contributed by atoms with Gasteiger partial charge in [-0.25, -0.2) is 0 Å². The molecule has 0 aromatic heterocycles. The molecule has 0 atom stereocenters. The number of aryl methyl sites for hydroxylation is 2. The third-order valence-corrected chi connectivity index (χ3v) is 3.34. The predicted molar refractivity (Wildman–Crippen MR) is 81.3 cm³/mol. The van der Waals surface area contributed by atoms with Gasteiger partial charge in [-0.05, 0) is 37.1 Å². The Balaban J connectivity index is 2.44. The Morgan fingerprint density at radius 1 is 1.11 bits per heavy atom. The smallest absolute Gasteiger partial charge is 0.143 e. The van der Waals surface area contributed by atoms with Gasteiger partial charge < -0.3 is 5.11 Å². The third-order valence-electron chi connectivity index (χ3n) is 2.83. The average Bonchev–Trinajstić information content (AvgIpc) is 2.34. The molecule has 0 fully saturated rings. The maximum atomic E-state index is 9.86. The van der Waals surface area contributed by atoms with Crippen LogP contribution in [0.3, 0.4) is 0 Å². The molecule has 0 radical (unpaired) electrons. The number of phenolic OH excluding ortho intramolecular Hbond substituents is 1. The molecule has 98 valence electrons. The summed E-state index contributed by atoms with van der Waals surface area (Å²) in [6.45, 7) is 3.98. The molecule has 0 aliphatic carbocycles. The zero-order chi connectivity index (χ0) is 14.0. The Morgan fingerprint density at radius 3 is 2.37 bits per heavy atom. The predicted octanol–water partition coefficient (Wildman–Crippen LogP) is 5.07. The van der Waals surface area contributed by atoms with Crippen LogP contribution in [-0.4, -0.2) is 11.3 Å². The monoisotopic (exact) mass is 293 g/mol. The normalized spacial score (nSPS) is 11.2. The van der Waals surface area contributed by atoms with E-state index in [9.17, 15) is 5.11 Å². The first kappa shape index (κ1) is 13.9. The van der Waals surface area contributed by atoms with E-state index in [4.69, 9.17) is 23.2 Å². The fraction of sp³-hybridized carbons (Fsp3) is 0.133. The molecule has 0 heterocycles. The van der Waals surface area contributed by atoms with Crippen molar-refractivity contribution in [2.45, 2.75) is 13.8 Å². The Hall–Kier alpha value is -1.51. The molecule has 0 bridgehead atoms. The topological polar surface area (TPSA) is 32.6 Å². The van der Waals surface area contributed by atoms with Crippen LogP contribution in [0.1, 0.15) is 16.7 Å². The molecule has 0 aliphatic rings. The van der Waals surface area contributed by atoms with Gasteiger partial charge in [-0.2, -0.15) is 0 Å². The van der Waals surface area contributed by atoms with E-state index in [1.165, 1.54) is 6.07 Å². The summed E-state index contributed by atoms with van der Waals surface area (Å²) in [6.07, 6.45) is 1.57. The SMILES string of the molecule is Cc1cccc(C)c1N=Cc1cc(Cl)cc(Cl)c1O. The standard InChI is InChI=1S/C15H13Cl2NO/c1-9-4-3-5-10(2)14(9)18-8-11-6-12(16)7-13(17)15(11)19/h3-8,19H,1-2H3. The van der Waals surface area contributed by atoms with E-state index in [0.29, 0.717) is 10.6 Å². The minimum atomic E-state index is -0.0129. The van der Waals surface area contributed by atoms with E-state index in [2.05, 4.69) is 4.99 Å². The Kier molecular flexibility index (Phi) is 4.13.